The summed E-state index contributed by atoms with van der Waals surface area (Å²) >= 11 is 0. The summed E-state index contributed by atoms with van der Waals surface area (Å²) in [6, 6.07) is 53.1. The summed E-state index contributed by atoms with van der Waals surface area (Å²) in [5.41, 5.74) is 12.2. The molecule has 0 amide bonds. The zero-order chi connectivity index (χ0) is 29.7. The Morgan fingerprint density at radius 1 is 0.444 bits per heavy atom. The summed E-state index contributed by atoms with van der Waals surface area (Å²) in [5, 5.41) is 8.87. The summed E-state index contributed by atoms with van der Waals surface area (Å²) < 4.78 is 0. The van der Waals surface area contributed by atoms with Crippen molar-refractivity contribution >= 4 is 32.9 Å². The van der Waals surface area contributed by atoms with Gasteiger partial charge >= 0.3 is 0 Å². The monoisotopic (exact) mass is 574 g/mol. The standard InChI is InChI=1S/C43H30N2/c1-3-13-36-30(9-1)11-7-15-38(36)32-20-18-29(19-21-32)35-27-40(43-41(28-35)45-26-6-5-17-42(45)44-43)34-24-22-33(23-25-34)39-16-8-12-31-10-2-4-14-37(31)39/h1-28,42,44H. The fraction of sp³-hybridized carbons (Fsp3) is 0.0233. The average Bonchev–Trinajstić information content (AvgIpc) is 3.50. The van der Waals surface area contributed by atoms with Crippen molar-refractivity contribution in [3.05, 3.63) is 170 Å². The normalized spacial score (nSPS) is 14.8. The van der Waals surface area contributed by atoms with Crippen LogP contribution in [0.2, 0.25) is 0 Å². The van der Waals surface area contributed by atoms with Crippen LogP contribution in [-0.4, -0.2) is 6.17 Å². The van der Waals surface area contributed by atoms with Gasteiger partial charge in [0.25, 0.3) is 0 Å². The Labute approximate surface area is 263 Å². The third-order valence-electron chi connectivity index (χ3n) is 9.25. The topological polar surface area (TPSA) is 15.3 Å². The van der Waals surface area contributed by atoms with E-state index in [9.17, 15) is 0 Å². The molecule has 0 aliphatic carbocycles. The summed E-state index contributed by atoms with van der Waals surface area (Å²) in [4.78, 5) is 2.33. The Morgan fingerprint density at radius 3 is 1.60 bits per heavy atom. The van der Waals surface area contributed by atoms with Gasteiger partial charge in [0.1, 0.15) is 6.17 Å². The third kappa shape index (κ3) is 4.34. The number of rotatable bonds is 4. The highest BCUT2D eigenvalue weighted by Crippen LogP contribution is 2.46. The molecule has 2 aliphatic heterocycles. The highest BCUT2D eigenvalue weighted by Gasteiger charge is 2.29. The van der Waals surface area contributed by atoms with Crippen LogP contribution < -0.4 is 10.2 Å². The predicted molar refractivity (Wildman–Crippen MR) is 191 cm³/mol. The lowest BCUT2D eigenvalue weighted by atomic mass is 9.92. The van der Waals surface area contributed by atoms with Crippen molar-refractivity contribution in [2.45, 2.75) is 6.17 Å². The highest BCUT2D eigenvalue weighted by atomic mass is 15.3. The smallest absolute Gasteiger partial charge is 0.123 e. The molecule has 2 heteroatoms. The Bertz CT molecular complexity index is 2280. The first kappa shape index (κ1) is 25.6. The number of allylic oxidation sites excluding steroid dienone is 2. The minimum absolute atomic E-state index is 0.114. The van der Waals surface area contributed by atoms with Crippen LogP contribution in [-0.2, 0) is 0 Å². The molecule has 0 bridgehead atoms. The summed E-state index contributed by atoms with van der Waals surface area (Å²) in [5.74, 6) is 0. The van der Waals surface area contributed by atoms with Crippen LogP contribution in [0.25, 0.3) is 66.1 Å². The van der Waals surface area contributed by atoms with E-state index >= 15 is 0 Å². The maximum Gasteiger partial charge on any atom is 0.123 e. The van der Waals surface area contributed by atoms with Crippen molar-refractivity contribution in [3.8, 4) is 44.5 Å². The van der Waals surface area contributed by atoms with E-state index in [4.69, 9.17) is 0 Å². The van der Waals surface area contributed by atoms with Gasteiger partial charge in [0.15, 0.2) is 0 Å². The summed E-state index contributed by atoms with van der Waals surface area (Å²) in [6.07, 6.45) is 8.72. The maximum absolute atomic E-state index is 3.79. The molecular formula is C43H30N2. The van der Waals surface area contributed by atoms with E-state index in [0.29, 0.717) is 0 Å². The predicted octanol–water partition coefficient (Wildman–Crippen LogP) is 11.3. The fourth-order valence-corrected chi connectivity index (χ4v) is 7.00. The van der Waals surface area contributed by atoms with E-state index < -0.39 is 0 Å². The Hall–Kier alpha value is -5.86. The van der Waals surface area contributed by atoms with Crippen molar-refractivity contribution in [3.63, 3.8) is 0 Å². The largest absolute Gasteiger partial charge is 0.359 e. The Kier molecular flexibility index (Phi) is 5.92. The molecule has 0 radical (unpaired) electrons. The zero-order valence-electron chi connectivity index (χ0n) is 24.7. The van der Waals surface area contributed by atoms with Gasteiger partial charge in [0, 0.05) is 11.8 Å². The average molecular weight is 575 g/mol. The van der Waals surface area contributed by atoms with E-state index in [1.54, 1.807) is 0 Å². The van der Waals surface area contributed by atoms with Crippen LogP contribution in [0.1, 0.15) is 0 Å². The van der Waals surface area contributed by atoms with Gasteiger partial charge in [-0.25, -0.2) is 0 Å². The van der Waals surface area contributed by atoms with Crippen molar-refractivity contribution in [1.29, 1.82) is 0 Å². The molecular weight excluding hydrogens is 544 g/mol. The van der Waals surface area contributed by atoms with Gasteiger partial charge < -0.3 is 10.2 Å². The lowest BCUT2D eigenvalue weighted by Gasteiger charge is -2.22. The first-order chi connectivity index (χ1) is 22.3. The molecule has 0 spiro atoms. The third-order valence-corrected chi connectivity index (χ3v) is 9.25. The molecule has 7 aromatic carbocycles. The van der Waals surface area contributed by atoms with Crippen LogP contribution in [0.15, 0.2) is 170 Å². The fourth-order valence-electron chi connectivity index (χ4n) is 7.00. The number of nitrogens with one attached hydrogen (secondary N) is 1. The molecule has 9 rings (SSSR count). The van der Waals surface area contributed by atoms with Crippen LogP contribution in [0.5, 0.6) is 0 Å². The molecule has 45 heavy (non-hydrogen) atoms. The summed E-state index contributed by atoms with van der Waals surface area (Å²) in [6.45, 7) is 0. The van der Waals surface area contributed by atoms with E-state index in [1.807, 2.05) is 0 Å². The van der Waals surface area contributed by atoms with Gasteiger partial charge in [-0.15, -0.1) is 0 Å². The number of nitrogens with zero attached hydrogens (tertiary/aromatic N) is 1. The second-order valence-electron chi connectivity index (χ2n) is 11.8. The van der Waals surface area contributed by atoms with E-state index in [-0.39, 0.29) is 6.17 Å². The van der Waals surface area contributed by atoms with Crippen LogP contribution in [0, 0.1) is 0 Å². The molecule has 2 nitrogen and oxygen atoms in total. The van der Waals surface area contributed by atoms with Gasteiger partial charge in [0.2, 0.25) is 0 Å². The maximum atomic E-state index is 3.79. The number of anilines is 2. The van der Waals surface area contributed by atoms with E-state index in [1.165, 1.54) is 77.4 Å². The van der Waals surface area contributed by atoms with Crippen molar-refractivity contribution in [1.82, 2.24) is 0 Å². The van der Waals surface area contributed by atoms with Crippen molar-refractivity contribution < 1.29 is 0 Å². The molecule has 1 N–H and O–H groups in total. The molecule has 7 aromatic rings. The SMILES string of the molecule is C1=CC2Nc3c(-c4ccc(-c5cccc6ccccc56)cc4)cc(-c4ccc(-c5cccc6ccccc56)cc4)cc3N2C=C1. The Morgan fingerprint density at radius 2 is 0.978 bits per heavy atom. The highest BCUT2D eigenvalue weighted by molar-refractivity contribution is 6.00. The van der Waals surface area contributed by atoms with Gasteiger partial charge in [-0.1, -0.05) is 140 Å². The molecule has 2 aliphatic rings. The molecule has 212 valence electrons. The van der Waals surface area contributed by atoms with Gasteiger partial charge in [-0.05, 0) is 84.8 Å². The van der Waals surface area contributed by atoms with Crippen molar-refractivity contribution in [2.24, 2.45) is 0 Å². The summed E-state index contributed by atoms with van der Waals surface area (Å²) in [7, 11) is 0. The Balaban J connectivity index is 1.14. The second-order valence-corrected chi connectivity index (χ2v) is 11.8. The number of hydrogen-bond donors (Lipinski definition) is 1. The molecule has 1 unspecified atom stereocenters. The first-order valence-corrected chi connectivity index (χ1v) is 15.6. The molecule has 0 aromatic heterocycles. The molecule has 1 atom stereocenters. The van der Waals surface area contributed by atoms with Crippen molar-refractivity contribution in [2.75, 3.05) is 10.2 Å². The van der Waals surface area contributed by atoms with Crippen LogP contribution in [0.3, 0.4) is 0 Å². The molecule has 0 fully saturated rings. The minimum atomic E-state index is 0.114. The number of benzene rings is 7. The quantitative estimate of drug-likeness (QED) is 0.225. The molecule has 0 saturated carbocycles. The number of fused-ring (bicyclic) bond motifs is 5. The minimum Gasteiger partial charge on any atom is -0.359 e. The van der Waals surface area contributed by atoms with Gasteiger partial charge in [0.05, 0.1) is 11.4 Å². The van der Waals surface area contributed by atoms with Crippen LogP contribution >= 0.6 is 0 Å². The zero-order valence-corrected chi connectivity index (χ0v) is 24.7. The van der Waals surface area contributed by atoms with Crippen LogP contribution in [0.4, 0.5) is 11.4 Å². The van der Waals surface area contributed by atoms with E-state index in [0.717, 1.165) is 0 Å². The molecule has 2 heterocycles. The lowest BCUT2D eigenvalue weighted by Crippen LogP contribution is -2.30. The number of hydrogen-bond acceptors (Lipinski definition) is 2. The van der Waals surface area contributed by atoms with E-state index in [2.05, 4.69) is 180 Å². The lowest BCUT2D eigenvalue weighted by molar-refractivity contribution is 0.908. The first-order valence-electron chi connectivity index (χ1n) is 15.6. The van der Waals surface area contributed by atoms with Gasteiger partial charge in [-0.3, -0.25) is 0 Å². The molecule has 0 saturated heterocycles. The van der Waals surface area contributed by atoms with Gasteiger partial charge in [-0.2, -0.15) is 0 Å². The second kappa shape index (κ2) is 10.4.